The Morgan fingerprint density at radius 3 is 0.955 bits per heavy atom. The lowest BCUT2D eigenvalue weighted by Gasteiger charge is -2.45. The molecule has 16 fully saturated rings. The molecule has 42 atom stereocenters. The molecule has 25 nitrogen and oxygen atoms in total. The molecule has 0 spiro atoms. The molecule has 16 aliphatic carbocycles. The van der Waals surface area contributed by atoms with Crippen LogP contribution in [0.1, 0.15) is 155 Å². The van der Waals surface area contributed by atoms with E-state index >= 15 is 0 Å². The summed E-state index contributed by atoms with van der Waals surface area (Å²) >= 11 is 0. The highest BCUT2D eigenvalue weighted by molar-refractivity contribution is 5.88. The van der Waals surface area contributed by atoms with E-state index in [1.54, 1.807) is 20.8 Å². The fraction of sp³-hybridized carbons (Fsp3) is 0.874. The Labute approximate surface area is 662 Å². The third-order valence-corrected chi connectivity index (χ3v) is 34.2. The molecule has 16 rings (SSSR count). The smallest absolute Gasteiger partial charge is 0.312 e. The molecule has 16 saturated carbocycles. The molecule has 42 unspecified atom stereocenters. The van der Waals surface area contributed by atoms with Crippen molar-refractivity contribution >= 4 is 54.4 Å². The Morgan fingerprint density at radius 1 is 0.393 bits per heavy atom. The highest BCUT2D eigenvalue weighted by Crippen LogP contribution is 2.77. The van der Waals surface area contributed by atoms with E-state index < -0.39 is 48.1 Å². The van der Waals surface area contributed by atoms with Crippen molar-refractivity contribution in [2.24, 2.45) is 242 Å². The van der Waals surface area contributed by atoms with Gasteiger partial charge in [-0.2, -0.15) is 0 Å². The number of allylic oxidation sites excluding steroid dienone is 1. The maximum Gasteiger partial charge on any atom is 0.312 e. The van der Waals surface area contributed by atoms with Crippen LogP contribution in [0.25, 0.3) is 0 Å². The van der Waals surface area contributed by atoms with Crippen molar-refractivity contribution in [3.8, 4) is 0 Å². The van der Waals surface area contributed by atoms with Gasteiger partial charge in [0.15, 0.2) is 31.9 Å². The molecule has 3 N–H and O–H groups in total. The second-order valence-corrected chi connectivity index (χ2v) is 37.3. The highest BCUT2D eigenvalue weighted by Gasteiger charge is 2.76. The van der Waals surface area contributed by atoms with Crippen LogP contribution in [0.5, 0.6) is 0 Å². The average Bonchev–Trinajstić information content (AvgIpc) is 1.55. The lowest BCUT2D eigenvalue weighted by molar-refractivity contribution is -0.249. The van der Waals surface area contributed by atoms with Gasteiger partial charge in [-0.3, -0.25) is 48.6 Å². The first-order chi connectivity index (χ1) is 53.7. The third kappa shape index (κ3) is 14.6. The maximum atomic E-state index is 13.2. The molecule has 0 aromatic heterocycles. The van der Waals surface area contributed by atoms with Crippen molar-refractivity contribution in [2.45, 2.75) is 168 Å². The predicted molar refractivity (Wildman–Crippen MR) is 404 cm³/mol. The summed E-state index contributed by atoms with van der Waals surface area (Å²) in [7, 11) is 1.43. The number of amides is 1. The van der Waals surface area contributed by atoms with Crippen molar-refractivity contribution in [1.82, 2.24) is 5.32 Å². The second-order valence-electron chi connectivity index (χ2n) is 37.3. The zero-order chi connectivity index (χ0) is 80.5. The van der Waals surface area contributed by atoms with E-state index in [4.69, 9.17) is 62.6 Å². The van der Waals surface area contributed by atoms with Gasteiger partial charge >= 0.3 is 41.8 Å². The summed E-state index contributed by atoms with van der Waals surface area (Å²) in [5.41, 5.74) is 0. The number of carbonyl (C=O) groups excluding carboxylic acids is 8. The molecule has 112 heavy (non-hydrogen) atoms. The predicted octanol–water partition coefficient (Wildman–Crippen LogP) is 11.9. The molecule has 628 valence electrons. The van der Waals surface area contributed by atoms with E-state index in [1.807, 2.05) is 27.7 Å². The SMILES string of the molecule is C=NCCOC(=O)C1C2CC(C1C(=O)OC(C)OCC)C1C3CC(C(C)C3C)C21.CCOC(C)OC(=O)C1C2CC(C1C(=O)N/C=C(/C)OO)C1C3CC(C(C)C3C)C21.CCOCOC(=O)C1C2CC(C1C(=O)OC)C1C3CC(C(C)C3C)C21.CCOCOC(=O)C1C2CC(C1C(=O)OCCOO)C1C3CC(C(C)C3C)C21. The van der Waals surface area contributed by atoms with Gasteiger partial charge in [0.05, 0.1) is 61.0 Å². The van der Waals surface area contributed by atoms with E-state index in [9.17, 15) is 38.4 Å². The van der Waals surface area contributed by atoms with Gasteiger partial charge in [-0.15, -0.1) is 0 Å². The lowest BCUT2D eigenvalue weighted by atomic mass is 9.59. The monoisotopic (exact) mass is 1570 g/mol. The van der Waals surface area contributed by atoms with Crippen LogP contribution in [-0.2, 0) is 100 Å². The largest absolute Gasteiger partial charge is 0.469 e. The number of nitrogens with zero attached hydrogens (tertiary/aromatic N) is 1. The first-order valence-electron chi connectivity index (χ1n) is 43.2. The Morgan fingerprint density at radius 2 is 0.670 bits per heavy atom. The molecular weight excluding hydrogens is 1440 g/mol. The van der Waals surface area contributed by atoms with Crippen molar-refractivity contribution in [2.75, 3.05) is 73.5 Å². The van der Waals surface area contributed by atoms with Crippen LogP contribution in [0.2, 0.25) is 0 Å². The molecule has 0 saturated heterocycles. The number of nitrogens with one attached hydrogen (secondary N) is 1. The molecule has 16 aliphatic rings. The Kier molecular flexibility index (Phi) is 26.5. The van der Waals surface area contributed by atoms with Crippen LogP contribution in [0.3, 0.4) is 0 Å². The van der Waals surface area contributed by atoms with Crippen LogP contribution in [-0.4, -0.2) is 151 Å². The molecule has 1 amide bonds. The topological polar surface area (TPSA) is 321 Å². The van der Waals surface area contributed by atoms with E-state index in [0.717, 1.165) is 37.5 Å². The number of fused-ring (bicyclic) bond motifs is 36. The van der Waals surface area contributed by atoms with E-state index in [-0.39, 0.29) is 146 Å². The van der Waals surface area contributed by atoms with Gasteiger partial charge in [-0.05, 0) is 296 Å². The molecular formula is C87H132N2O23. The molecule has 0 aliphatic heterocycles. The van der Waals surface area contributed by atoms with Gasteiger partial charge in [0.1, 0.15) is 19.8 Å². The van der Waals surface area contributed by atoms with Gasteiger partial charge < -0.3 is 62.3 Å². The van der Waals surface area contributed by atoms with Gasteiger partial charge in [-0.25, -0.2) is 10.1 Å². The molecule has 0 radical (unpaired) electrons. The average molecular weight is 1570 g/mol. The minimum absolute atomic E-state index is 0.0164. The van der Waals surface area contributed by atoms with Crippen molar-refractivity contribution < 1.29 is 111 Å². The van der Waals surface area contributed by atoms with E-state index in [2.05, 4.69) is 82.2 Å². The van der Waals surface area contributed by atoms with Crippen molar-refractivity contribution in [1.29, 1.82) is 0 Å². The van der Waals surface area contributed by atoms with Gasteiger partial charge in [0.25, 0.3) is 0 Å². The summed E-state index contributed by atoms with van der Waals surface area (Å²) in [5.74, 6) is 11.9. The summed E-state index contributed by atoms with van der Waals surface area (Å²) in [6, 6.07) is 0. The Balaban J connectivity index is 0.000000131. The number of ether oxygens (including phenoxy) is 11. The molecule has 25 heteroatoms. The number of rotatable bonds is 28. The zero-order valence-corrected chi connectivity index (χ0v) is 69.2. The fourth-order valence-electron chi connectivity index (χ4n) is 30.2. The van der Waals surface area contributed by atoms with Gasteiger partial charge in [0.2, 0.25) is 5.91 Å². The van der Waals surface area contributed by atoms with Gasteiger partial charge in [-0.1, -0.05) is 55.4 Å². The molecule has 16 bridgehead atoms. The lowest BCUT2D eigenvalue weighted by Crippen LogP contribution is -2.49. The molecule has 0 heterocycles. The van der Waals surface area contributed by atoms with Crippen LogP contribution in [0, 0.1) is 237 Å². The third-order valence-electron chi connectivity index (χ3n) is 34.2. The second kappa shape index (κ2) is 35.1. The number of aliphatic imine (C=N–C) groups is 1. The number of carbonyl (C=O) groups is 8. The number of esters is 7. The number of methoxy groups -OCH3 is 1. The van der Waals surface area contributed by atoms with Gasteiger partial charge in [0, 0.05) is 32.6 Å². The summed E-state index contributed by atoms with van der Waals surface area (Å²) in [6.45, 7) is 37.1. The summed E-state index contributed by atoms with van der Waals surface area (Å²) in [5, 5.41) is 20.0. The van der Waals surface area contributed by atoms with Crippen LogP contribution >= 0.6 is 0 Å². The number of hydrogen-bond donors (Lipinski definition) is 3. The summed E-state index contributed by atoms with van der Waals surface area (Å²) in [6.07, 6.45) is 8.88. The minimum Gasteiger partial charge on any atom is -0.469 e. The van der Waals surface area contributed by atoms with Crippen molar-refractivity contribution in [3.05, 3.63) is 12.0 Å². The molecule has 0 aromatic rings. The standard InChI is InChI=1S/C23H35NO6.C23H35NO5.C21H32O7.C20H30O5/c1-6-28-13(5)29-23(26)21-17-8-16(20(21)22(25)24-9-10(2)30-27)18-14-7-15(19(17)18)12(4)11(14)3;1-6-27-13(4)29-23(26)21-17-10-16(20(21)22(25)28-8-7-24-5)18-14-9-15(19(17)18)12(3)11(14)2;1-4-25-9-27-21(23)19-15-8-14(18(19)20(22)26-5-6-28-24)16-12-7-13(17(15)16)11(3)10(12)2;1-5-24-8-25-20(22)18-14-7-13(17(18)19(21)23-4)15-11-6-12(16(14)15)10(3)9(11)2/h9,11-21,27H,6-8H2,1-5H3,(H,24,25);11-21H,5-10H2,1-4H3;10-19,24H,4-9H2,1-3H3;9-18H,5-8H2,1-4H3/b10-9-;;;. The first-order valence-corrected chi connectivity index (χ1v) is 43.2. The maximum absolute atomic E-state index is 13.2. The number of hydrogen-bond acceptors (Lipinski definition) is 24. The Hall–Kier alpha value is -5.31. The molecule has 0 aromatic carbocycles. The minimum atomic E-state index is -0.620. The van der Waals surface area contributed by atoms with E-state index in [0.29, 0.717) is 163 Å². The first kappa shape index (κ1) is 84.6. The normalized spacial score (nSPS) is 46.0. The fourth-order valence-corrected chi connectivity index (χ4v) is 30.2. The quantitative estimate of drug-likeness (QED) is 0.00754. The summed E-state index contributed by atoms with van der Waals surface area (Å²) < 4.78 is 59.1. The van der Waals surface area contributed by atoms with Crippen LogP contribution < -0.4 is 5.32 Å². The summed E-state index contributed by atoms with van der Waals surface area (Å²) in [4.78, 5) is 116. The Bertz CT molecular complexity index is 3370. The van der Waals surface area contributed by atoms with Crippen molar-refractivity contribution in [3.63, 3.8) is 0 Å². The zero-order valence-electron chi connectivity index (χ0n) is 69.2. The highest BCUT2D eigenvalue weighted by atomic mass is 17.1. The van der Waals surface area contributed by atoms with Crippen LogP contribution in [0.15, 0.2) is 17.0 Å². The van der Waals surface area contributed by atoms with Crippen LogP contribution in [0.4, 0.5) is 0 Å². The van der Waals surface area contributed by atoms with E-state index in [1.165, 1.54) is 39.0 Å².